The predicted molar refractivity (Wildman–Crippen MR) is 139 cm³/mol. The van der Waals surface area contributed by atoms with Crippen molar-refractivity contribution in [3.63, 3.8) is 0 Å². The molecule has 1 heterocycles. The lowest BCUT2D eigenvalue weighted by atomic mass is 10.2. The van der Waals surface area contributed by atoms with E-state index in [1.165, 1.54) is 0 Å². The maximum Gasteiger partial charge on any atom is 0.251 e. The third kappa shape index (κ3) is 6.84. The van der Waals surface area contributed by atoms with Crippen molar-refractivity contribution in [1.82, 2.24) is 25.5 Å². The van der Waals surface area contributed by atoms with E-state index in [4.69, 9.17) is 4.74 Å². The van der Waals surface area contributed by atoms with Crippen LogP contribution in [0.15, 0.2) is 53.5 Å². The molecule has 0 saturated heterocycles. The number of carbonyl (C=O) groups excluding carboxylic acids is 1. The lowest BCUT2D eigenvalue weighted by Crippen LogP contribution is -2.42. The summed E-state index contributed by atoms with van der Waals surface area (Å²) in [4.78, 5) is 21.0. The average Bonchev–Trinajstić information content (AvgIpc) is 3.12. The molecule has 1 aromatic heterocycles. The maximum atomic E-state index is 12.2. The summed E-state index contributed by atoms with van der Waals surface area (Å²) in [6.07, 6.45) is 0.941. The highest BCUT2D eigenvalue weighted by molar-refractivity contribution is 14.0. The molecule has 0 aliphatic carbocycles. The van der Waals surface area contributed by atoms with Gasteiger partial charge in [0.15, 0.2) is 5.96 Å². The Morgan fingerprint density at radius 1 is 1.03 bits per heavy atom. The number of aryl methyl sites for hydroxylation is 2. The molecule has 0 radical (unpaired) electrons. The zero-order chi connectivity index (χ0) is 22.1. The van der Waals surface area contributed by atoms with Gasteiger partial charge in [-0.1, -0.05) is 12.1 Å². The second-order valence-corrected chi connectivity index (χ2v) is 7.06. The van der Waals surface area contributed by atoms with Gasteiger partial charge in [-0.25, -0.2) is 4.98 Å². The SMILES string of the molecule is CN=C(NCCCn1c(C)nc2ccccc21)NCCNC(=O)c1ccc(OC)cc1.I. The highest BCUT2D eigenvalue weighted by Gasteiger charge is 2.07. The number of imidazole rings is 1. The number of fused-ring (bicyclic) bond motifs is 1. The molecule has 1 amide bonds. The summed E-state index contributed by atoms with van der Waals surface area (Å²) in [6.45, 7) is 4.77. The number of carbonyl (C=O) groups is 1. The first-order valence-electron chi connectivity index (χ1n) is 10.4. The first kappa shape index (κ1) is 25.4. The van der Waals surface area contributed by atoms with E-state index in [-0.39, 0.29) is 29.9 Å². The first-order chi connectivity index (χ1) is 15.1. The molecule has 2 aromatic carbocycles. The Bertz CT molecular complexity index is 1030. The number of para-hydroxylation sites is 2. The number of aliphatic imine (C=N–C) groups is 1. The standard InChI is InChI=1S/C23H30N6O2.HI/c1-17-28-20-7-4-5-8-21(20)29(17)16-6-13-26-23(24-2)27-15-14-25-22(30)18-9-11-19(31-3)12-10-18;/h4-5,7-12H,6,13-16H2,1-3H3,(H,25,30)(H2,24,26,27);1H. The Hall–Kier alpha value is -2.82. The lowest BCUT2D eigenvalue weighted by molar-refractivity contribution is 0.0954. The summed E-state index contributed by atoms with van der Waals surface area (Å²) >= 11 is 0. The summed E-state index contributed by atoms with van der Waals surface area (Å²) in [5.74, 6) is 2.35. The van der Waals surface area contributed by atoms with Crippen molar-refractivity contribution >= 4 is 46.9 Å². The fourth-order valence-electron chi connectivity index (χ4n) is 3.34. The van der Waals surface area contributed by atoms with Crippen LogP contribution in [0.5, 0.6) is 5.75 Å². The number of rotatable bonds is 9. The molecular formula is C23H31IN6O2. The number of hydrogen-bond acceptors (Lipinski definition) is 4. The van der Waals surface area contributed by atoms with Gasteiger partial charge in [0.2, 0.25) is 0 Å². The molecule has 0 bridgehead atoms. The number of ether oxygens (including phenoxy) is 1. The van der Waals surface area contributed by atoms with Crippen LogP contribution >= 0.6 is 24.0 Å². The Labute approximate surface area is 205 Å². The molecule has 172 valence electrons. The second-order valence-electron chi connectivity index (χ2n) is 7.06. The van der Waals surface area contributed by atoms with Crippen molar-refractivity contribution in [2.45, 2.75) is 19.9 Å². The van der Waals surface area contributed by atoms with Gasteiger partial charge in [0.1, 0.15) is 11.6 Å². The number of methoxy groups -OCH3 is 1. The predicted octanol–water partition coefficient (Wildman–Crippen LogP) is 2.96. The largest absolute Gasteiger partial charge is 0.497 e. The highest BCUT2D eigenvalue weighted by atomic mass is 127. The number of aromatic nitrogens is 2. The van der Waals surface area contributed by atoms with Gasteiger partial charge in [-0.3, -0.25) is 9.79 Å². The summed E-state index contributed by atoms with van der Waals surface area (Å²) < 4.78 is 7.34. The lowest BCUT2D eigenvalue weighted by Gasteiger charge is -2.13. The van der Waals surface area contributed by atoms with Crippen LogP contribution in [0.25, 0.3) is 11.0 Å². The molecule has 0 saturated carbocycles. The third-order valence-corrected chi connectivity index (χ3v) is 4.98. The number of nitrogens with one attached hydrogen (secondary N) is 3. The van der Waals surface area contributed by atoms with Crippen molar-refractivity contribution < 1.29 is 9.53 Å². The molecule has 0 aliphatic rings. The molecule has 8 nitrogen and oxygen atoms in total. The number of benzene rings is 2. The van der Waals surface area contributed by atoms with Gasteiger partial charge in [0.25, 0.3) is 5.91 Å². The number of nitrogens with zero attached hydrogens (tertiary/aromatic N) is 3. The Morgan fingerprint density at radius 2 is 1.72 bits per heavy atom. The fourth-order valence-corrected chi connectivity index (χ4v) is 3.34. The highest BCUT2D eigenvalue weighted by Crippen LogP contribution is 2.15. The first-order valence-corrected chi connectivity index (χ1v) is 10.4. The number of hydrogen-bond donors (Lipinski definition) is 3. The fraction of sp³-hybridized carbons (Fsp3) is 0.348. The Balaban J connectivity index is 0.00000363. The van der Waals surface area contributed by atoms with E-state index in [1.807, 2.05) is 25.1 Å². The summed E-state index contributed by atoms with van der Waals surface area (Å²) in [5.41, 5.74) is 2.79. The van der Waals surface area contributed by atoms with Crippen LogP contribution in [-0.2, 0) is 6.54 Å². The average molecular weight is 550 g/mol. The van der Waals surface area contributed by atoms with E-state index in [9.17, 15) is 4.79 Å². The van der Waals surface area contributed by atoms with E-state index in [0.717, 1.165) is 42.1 Å². The van der Waals surface area contributed by atoms with Crippen LogP contribution in [0.3, 0.4) is 0 Å². The van der Waals surface area contributed by atoms with Crippen molar-refractivity contribution in [1.29, 1.82) is 0 Å². The number of halogens is 1. The smallest absolute Gasteiger partial charge is 0.251 e. The molecule has 3 aromatic rings. The van der Waals surface area contributed by atoms with E-state index in [2.05, 4.69) is 36.6 Å². The molecule has 32 heavy (non-hydrogen) atoms. The molecule has 0 unspecified atom stereocenters. The monoisotopic (exact) mass is 550 g/mol. The molecule has 0 fully saturated rings. The number of guanidine groups is 1. The van der Waals surface area contributed by atoms with Crippen LogP contribution in [0.2, 0.25) is 0 Å². The second kappa shape index (κ2) is 12.9. The van der Waals surface area contributed by atoms with Gasteiger partial charge >= 0.3 is 0 Å². The van der Waals surface area contributed by atoms with Gasteiger partial charge in [-0.15, -0.1) is 24.0 Å². The molecule has 3 rings (SSSR count). The molecule has 0 spiro atoms. The summed E-state index contributed by atoms with van der Waals surface area (Å²) in [5, 5.41) is 9.41. The van der Waals surface area contributed by atoms with Crippen molar-refractivity contribution in [3.05, 3.63) is 59.9 Å². The van der Waals surface area contributed by atoms with Crippen molar-refractivity contribution in [3.8, 4) is 5.75 Å². The van der Waals surface area contributed by atoms with Gasteiger partial charge in [-0.05, 0) is 49.7 Å². The minimum Gasteiger partial charge on any atom is -0.497 e. The molecule has 3 N–H and O–H groups in total. The molecular weight excluding hydrogens is 519 g/mol. The molecule has 0 atom stereocenters. The van der Waals surface area contributed by atoms with Crippen LogP contribution in [0.1, 0.15) is 22.6 Å². The number of amides is 1. The van der Waals surface area contributed by atoms with E-state index in [0.29, 0.717) is 24.6 Å². The summed E-state index contributed by atoms with van der Waals surface area (Å²) in [7, 11) is 3.33. The van der Waals surface area contributed by atoms with Crippen LogP contribution in [0, 0.1) is 6.92 Å². The topological polar surface area (TPSA) is 92.6 Å². The third-order valence-electron chi connectivity index (χ3n) is 4.98. The van der Waals surface area contributed by atoms with E-state index < -0.39 is 0 Å². The maximum absolute atomic E-state index is 12.2. The quantitative estimate of drug-likeness (QED) is 0.165. The van der Waals surface area contributed by atoms with Gasteiger partial charge in [-0.2, -0.15) is 0 Å². The van der Waals surface area contributed by atoms with Crippen LogP contribution in [0.4, 0.5) is 0 Å². The van der Waals surface area contributed by atoms with Gasteiger partial charge < -0.3 is 25.3 Å². The zero-order valence-electron chi connectivity index (χ0n) is 18.7. The minimum absolute atomic E-state index is 0. The van der Waals surface area contributed by atoms with Gasteiger partial charge in [0.05, 0.1) is 18.1 Å². The van der Waals surface area contributed by atoms with E-state index >= 15 is 0 Å². The van der Waals surface area contributed by atoms with Crippen molar-refractivity contribution in [2.24, 2.45) is 4.99 Å². The summed E-state index contributed by atoms with van der Waals surface area (Å²) in [6, 6.07) is 15.2. The van der Waals surface area contributed by atoms with Crippen molar-refractivity contribution in [2.75, 3.05) is 33.8 Å². The Kier molecular flexibility index (Phi) is 10.3. The Morgan fingerprint density at radius 3 is 2.44 bits per heavy atom. The normalized spacial score (nSPS) is 11.0. The minimum atomic E-state index is -0.115. The van der Waals surface area contributed by atoms with Crippen LogP contribution < -0.4 is 20.7 Å². The van der Waals surface area contributed by atoms with E-state index in [1.54, 1.807) is 38.4 Å². The zero-order valence-corrected chi connectivity index (χ0v) is 21.1. The molecule has 0 aliphatic heterocycles. The van der Waals surface area contributed by atoms with Gasteiger partial charge in [0, 0.05) is 38.8 Å². The van der Waals surface area contributed by atoms with Crippen LogP contribution in [-0.4, -0.2) is 55.2 Å². The molecule has 9 heteroatoms.